The van der Waals surface area contributed by atoms with Gasteiger partial charge in [0.1, 0.15) is 0 Å². The molecule has 0 atom stereocenters. The lowest BCUT2D eigenvalue weighted by Gasteiger charge is -2.14. The highest BCUT2D eigenvalue weighted by Crippen LogP contribution is 2.43. The summed E-state index contributed by atoms with van der Waals surface area (Å²) in [5, 5.41) is 0. The lowest BCUT2D eigenvalue weighted by atomic mass is 9.88. The number of rotatable bonds is 9. The summed E-state index contributed by atoms with van der Waals surface area (Å²) in [7, 11) is 0. The summed E-state index contributed by atoms with van der Waals surface area (Å²) in [5.74, 6) is -0.0108. The molecule has 0 saturated carbocycles. The first kappa shape index (κ1) is 23.6. The average Bonchev–Trinajstić information content (AvgIpc) is 3.30. The van der Waals surface area contributed by atoms with Crippen molar-refractivity contribution in [2.24, 2.45) is 0 Å². The van der Waals surface area contributed by atoms with Crippen LogP contribution >= 0.6 is 0 Å². The predicted molar refractivity (Wildman–Crippen MR) is 141 cm³/mol. The Labute approximate surface area is 203 Å². The fraction of sp³-hybridized carbons (Fsp3) is 0.250. The minimum atomic E-state index is -0.0121. The molecule has 0 saturated heterocycles. The van der Waals surface area contributed by atoms with Gasteiger partial charge >= 0.3 is 0 Å². The molecule has 0 bridgehead atoms. The molecule has 0 spiro atoms. The molecule has 34 heavy (non-hydrogen) atoms. The second-order valence-corrected chi connectivity index (χ2v) is 8.98. The normalized spacial score (nSPS) is 14.9. The van der Waals surface area contributed by atoms with Gasteiger partial charge in [-0.05, 0) is 60.4 Å². The molecule has 3 aromatic rings. The number of carbonyl (C=O) groups excluding carboxylic acids is 2. The monoisotopic (exact) mass is 448 g/mol. The molecular weight excluding hydrogens is 416 g/mol. The zero-order chi connectivity index (χ0) is 23.9. The lowest BCUT2D eigenvalue weighted by Crippen LogP contribution is -2.09. The molecular formula is C32H32O2. The second kappa shape index (κ2) is 11.1. The van der Waals surface area contributed by atoms with Crippen LogP contribution in [0.4, 0.5) is 0 Å². The Morgan fingerprint density at radius 3 is 2.00 bits per heavy atom. The van der Waals surface area contributed by atoms with Gasteiger partial charge in [-0.25, -0.2) is 0 Å². The van der Waals surface area contributed by atoms with E-state index in [0.29, 0.717) is 23.1 Å². The Kier molecular flexibility index (Phi) is 7.69. The van der Waals surface area contributed by atoms with Crippen molar-refractivity contribution in [1.82, 2.24) is 0 Å². The van der Waals surface area contributed by atoms with E-state index in [-0.39, 0.29) is 11.6 Å². The third-order valence-electron chi connectivity index (χ3n) is 6.58. The Bertz CT molecular complexity index is 1210. The van der Waals surface area contributed by atoms with E-state index >= 15 is 0 Å². The summed E-state index contributed by atoms with van der Waals surface area (Å²) in [4.78, 5) is 26.8. The van der Waals surface area contributed by atoms with Crippen molar-refractivity contribution in [2.75, 3.05) is 0 Å². The maximum atomic E-state index is 13.8. The van der Waals surface area contributed by atoms with Gasteiger partial charge in [0.25, 0.3) is 0 Å². The van der Waals surface area contributed by atoms with E-state index in [1.165, 1.54) is 24.8 Å². The topological polar surface area (TPSA) is 34.1 Å². The van der Waals surface area contributed by atoms with E-state index in [0.717, 1.165) is 35.1 Å². The summed E-state index contributed by atoms with van der Waals surface area (Å²) >= 11 is 0. The summed E-state index contributed by atoms with van der Waals surface area (Å²) in [5.41, 5.74) is 7.15. The van der Waals surface area contributed by atoms with E-state index in [9.17, 15) is 9.59 Å². The van der Waals surface area contributed by atoms with Crippen LogP contribution in [0.5, 0.6) is 0 Å². The molecule has 0 N–H and O–H groups in total. The van der Waals surface area contributed by atoms with E-state index in [2.05, 4.69) is 43.3 Å². The Morgan fingerprint density at radius 2 is 1.38 bits per heavy atom. The Balaban J connectivity index is 1.83. The number of allylic oxidation sites excluding steroid dienone is 4. The predicted octanol–water partition coefficient (Wildman–Crippen LogP) is 7.89. The van der Waals surface area contributed by atoms with Gasteiger partial charge in [-0.2, -0.15) is 0 Å². The molecule has 0 heterocycles. The highest BCUT2D eigenvalue weighted by molar-refractivity contribution is 6.26. The van der Waals surface area contributed by atoms with Crippen LogP contribution in [0.1, 0.15) is 73.0 Å². The Morgan fingerprint density at radius 1 is 0.735 bits per heavy atom. The number of Topliss-reactive ketones (excluding diaryl/α,β-unsaturated/α-hetero) is 2. The van der Waals surface area contributed by atoms with Crippen molar-refractivity contribution in [3.63, 3.8) is 0 Å². The fourth-order valence-electron chi connectivity index (χ4n) is 4.88. The number of ketones is 2. The van der Waals surface area contributed by atoms with Gasteiger partial charge < -0.3 is 0 Å². The highest BCUT2D eigenvalue weighted by Gasteiger charge is 2.31. The second-order valence-electron chi connectivity index (χ2n) is 8.98. The molecule has 172 valence electrons. The van der Waals surface area contributed by atoms with Gasteiger partial charge in [0.2, 0.25) is 0 Å². The number of unbranched alkanes of at least 4 members (excludes halogenated alkanes) is 2. The largest absolute Gasteiger partial charge is 0.294 e. The molecule has 3 aromatic carbocycles. The van der Waals surface area contributed by atoms with Crippen LogP contribution in [0.15, 0.2) is 96.1 Å². The molecule has 2 nitrogen and oxygen atoms in total. The SMILES string of the molecule is CCCCCc1ccc(/C(C(C)=O)=C2/CCC(c3ccccc3)=C2C(=O)c2ccccc2)cc1. The maximum Gasteiger partial charge on any atom is 0.193 e. The van der Waals surface area contributed by atoms with Crippen LogP contribution in [0.2, 0.25) is 0 Å². The van der Waals surface area contributed by atoms with E-state index in [4.69, 9.17) is 0 Å². The van der Waals surface area contributed by atoms with E-state index in [1.807, 2.05) is 48.5 Å². The molecule has 0 fully saturated rings. The maximum absolute atomic E-state index is 13.8. The van der Waals surface area contributed by atoms with E-state index < -0.39 is 0 Å². The zero-order valence-electron chi connectivity index (χ0n) is 20.1. The summed E-state index contributed by atoms with van der Waals surface area (Å²) in [6.07, 6.45) is 6.09. The summed E-state index contributed by atoms with van der Waals surface area (Å²) < 4.78 is 0. The van der Waals surface area contributed by atoms with Crippen molar-refractivity contribution in [3.05, 3.63) is 118 Å². The molecule has 0 aliphatic heterocycles. The molecule has 4 rings (SSSR count). The molecule has 1 aliphatic carbocycles. The van der Waals surface area contributed by atoms with Gasteiger partial charge in [-0.1, -0.05) is 105 Å². The molecule has 2 heteroatoms. The summed E-state index contributed by atoms with van der Waals surface area (Å²) in [6.45, 7) is 3.82. The average molecular weight is 449 g/mol. The molecule has 1 aliphatic rings. The third kappa shape index (κ3) is 5.17. The molecule has 0 unspecified atom stereocenters. The molecule has 0 radical (unpaired) electrons. The van der Waals surface area contributed by atoms with Crippen molar-refractivity contribution in [1.29, 1.82) is 0 Å². The molecule has 0 amide bonds. The smallest absolute Gasteiger partial charge is 0.193 e. The van der Waals surface area contributed by atoms with Crippen molar-refractivity contribution in [2.45, 2.75) is 52.4 Å². The first-order chi connectivity index (χ1) is 16.6. The highest BCUT2D eigenvalue weighted by atomic mass is 16.1. The number of hydrogen-bond acceptors (Lipinski definition) is 2. The van der Waals surface area contributed by atoms with Gasteiger partial charge in [-0.3, -0.25) is 9.59 Å². The zero-order valence-corrected chi connectivity index (χ0v) is 20.1. The lowest BCUT2D eigenvalue weighted by molar-refractivity contribution is -0.111. The first-order valence-corrected chi connectivity index (χ1v) is 12.3. The molecule has 0 aromatic heterocycles. The van der Waals surface area contributed by atoms with Gasteiger partial charge in [0.05, 0.1) is 0 Å². The number of aryl methyl sites for hydroxylation is 1. The first-order valence-electron chi connectivity index (χ1n) is 12.3. The van der Waals surface area contributed by atoms with Gasteiger partial charge in [-0.15, -0.1) is 0 Å². The van der Waals surface area contributed by atoms with Gasteiger partial charge in [0.15, 0.2) is 11.6 Å². The van der Waals surface area contributed by atoms with Gasteiger partial charge in [0, 0.05) is 16.7 Å². The minimum Gasteiger partial charge on any atom is -0.294 e. The van der Waals surface area contributed by atoms with Crippen LogP contribution in [0.3, 0.4) is 0 Å². The van der Waals surface area contributed by atoms with Crippen LogP contribution in [-0.4, -0.2) is 11.6 Å². The standard InChI is InChI=1S/C32H32O2/c1-3-4-7-12-24-17-19-26(20-18-24)30(23(2)33)29-22-21-28(25-13-8-5-9-14-25)31(29)32(34)27-15-10-6-11-16-27/h5-6,8-11,13-20H,3-4,7,12,21-22H2,1-2H3/b30-29-. The van der Waals surface area contributed by atoms with Crippen LogP contribution in [0, 0.1) is 0 Å². The van der Waals surface area contributed by atoms with Crippen LogP contribution in [-0.2, 0) is 11.2 Å². The fourth-order valence-corrected chi connectivity index (χ4v) is 4.88. The van der Waals surface area contributed by atoms with Crippen LogP contribution in [0.25, 0.3) is 11.1 Å². The number of carbonyl (C=O) groups is 2. The third-order valence-corrected chi connectivity index (χ3v) is 6.58. The Hall–Kier alpha value is -3.52. The quantitative estimate of drug-likeness (QED) is 0.189. The van der Waals surface area contributed by atoms with Crippen LogP contribution < -0.4 is 0 Å². The number of hydrogen-bond donors (Lipinski definition) is 0. The minimum absolute atomic E-state index is 0.00130. The number of benzene rings is 3. The van der Waals surface area contributed by atoms with Crippen molar-refractivity contribution < 1.29 is 9.59 Å². The van der Waals surface area contributed by atoms with E-state index in [1.54, 1.807) is 6.92 Å². The van der Waals surface area contributed by atoms with Crippen molar-refractivity contribution in [3.8, 4) is 0 Å². The summed E-state index contributed by atoms with van der Waals surface area (Å²) in [6, 6.07) is 27.8. The van der Waals surface area contributed by atoms with Crippen molar-refractivity contribution >= 4 is 22.7 Å².